The molecule has 0 unspecified atom stereocenters. The lowest BCUT2D eigenvalue weighted by atomic mass is 9.88. The molecule has 3 heteroatoms. The summed E-state index contributed by atoms with van der Waals surface area (Å²) >= 11 is 0. The van der Waals surface area contributed by atoms with Crippen LogP contribution in [0, 0.1) is 0 Å². The van der Waals surface area contributed by atoms with Gasteiger partial charge in [0.2, 0.25) is 0 Å². The molecule has 0 saturated carbocycles. The summed E-state index contributed by atoms with van der Waals surface area (Å²) in [6.45, 7) is 0. The molecule has 53 heavy (non-hydrogen) atoms. The molecule has 0 saturated heterocycles. The first kappa shape index (κ1) is 32.6. The topological polar surface area (TPSA) is 34.1 Å². The molecule has 8 aromatic carbocycles. The lowest BCUT2D eigenvalue weighted by Gasteiger charge is -2.16. The number of benzene rings is 8. The fourth-order valence-electron chi connectivity index (χ4n) is 7.59. The third-order valence-corrected chi connectivity index (χ3v) is 11.7. The third kappa shape index (κ3) is 6.75. The summed E-state index contributed by atoms with van der Waals surface area (Å²) in [6, 6.07) is 67.8. The van der Waals surface area contributed by atoms with E-state index in [2.05, 4.69) is 164 Å². The van der Waals surface area contributed by atoms with E-state index in [-0.39, 0.29) is 11.5 Å². The van der Waals surface area contributed by atoms with Gasteiger partial charge in [0.1, 0.15) is 0 Å². The van der Waals surface area contributed by atoms with Crippen molar-refractivity contribution in [3.8, 4) is 77.9 Å². The van der Waals surface area contributed by atoms with Crippen LogP contribution < -0.4 is 0 Å². The van der Waals surface area contributed by atoms with E-state index in [9.17, 15) is 8.42 Å². The van der Waals surface area contributed by atoms with Crippen LogP contribution in [0.5, 0.6) is 0 Å². The zero-order valence-electron chi connectivity index (χ0n) is 29.1. The van der Waals surface area contributed by atoms with Crippen molar-refractivity contribution in [3.05, 3.63) is 205 Å². The van der Waals surface area contributed by atoms with Crippen LogP contribution in [-0.2, 0) is 21.3 Å². The highest BCUT2D eigenvalue weighted by atomic mass is 32.2. The van der Waals surface area contributed by atoms with Gasteiger partial charge in [0.25, 0.3) is 0 Å². The molecule has 0 aliphatic carbocycles. The Morgan fingerprint density at radius 1 is 0.264 bits per heavy atom. The van der Waals surface area contributed by atoms with Gasteiger partial charge in [0.15, 0.2) is 9.84 Å². The van der Waals surface area contributed by atoms with Gasteiger partial charge in [0, 0.05) is 0 Å². The largest absolute Gasteiger partial charge is 0.228 e. The minimum absolute atomic E-state index is 0.00753. The van der Waals surface area contributed by atoms with E-state index in [0.29, 0.717) is 0 Å². The first-order chi connectivity index (χ1) is 26.0. The lowest BCUT2D eigenvalue weighted by molar-refractivity contribution is 0.595. The van der Waals surface area contributed by atoms with Gasteiger partial charge in [-0.05, 0) is 138 Å². The van der Waals surface area contributed by atoms with E-state index in [4.69, 9.17) is 0 Å². The highest BCUT2D eigenvalue weighted by Crippen LogP contribution is 2.41. The molecule has 8 aromatic rings. The first-order valence-electron chi connectivity index (χ1n) is 18.0. The van der Waals surface area contributed by atoms with Crippen LogP contribution in [-0.4, -0.2) is 8.42 Å². The van der Waals surface area contributed by atoms with Crippen LogP contribution in [0.25, 0.3) is 77.9 Å². The standard InChI is InChI=1S/C50H36O2S/c51-53(52)33-41-22-21-40(47-30-44(37-17-9-3-10-18-37)27-45(31-47)38-19-11-4-12-20-38)32-50(41)49-24-23-39(25-48(49)34-53)46-28-42(35-13-5-1-6-14-35)26-43(29-46)36-15-7-2-8-16-36/h1-32H,33-34H2. The molecule has 0 aromatic heterocycles. The Balaban J connectivity index is 1.18. The van der Waals surface area contributed by atoms with Crippen LogP contribution in [0.3, 0.4) is 0 Å². The molecule has 0 N–H and O–H groups in total. The molecule has 1 aliphatic heterocycles. The Kier molecular flexibility index (Phi) is 8.42. The van der Waals surface area contributed by atoms with E-state index >= 15 is 0 Å². The average Bonchev–Trinajstić information content (AvgIpc) is 3.33. The van der Waals surface area contributed by atoms with Crippen molar-refractivity contribution >= 4 is 9.84 Å². The molecular formula is C50H36O2S. The van der Waals surface area contributed by atoms with Gasteiger partial charge in [-0.2, -0.15) is 0 Å². The molecule has 0 amide bonds. The summed E-state index contributed by atoms with van der Waals surface area (Å²) in [5.41, 5.74) is 16.9. The van der Waals surface area contributed by atoms with Crippen molar-refractivity contribution in [1.82, 2.24) is 0 Å². The Morgan fingerprint density at radius 2 is 0.604 bits per heavy atom. The van der Waals surface area contributed by atoms with Crippen molar-refractivity contribution in [2.24, 2.45) is 0 Å². The maximum Gasteiger partial charge on any atom is 0.158 e. The van der Waals surface area contributed by atoms with Crippen molar-refractivity contribution in [3.63, 3.8) is 0 Å². The molecule has 0 bridgehead atoms. The Labute approximate surface area is 311 Å². The summed E-state index contributed by atoms with van der Waals surface area (Å²) in [7, 11) is -3.41. The summed E-state index contributed by atoms with van der Waals surface area (Å²) in [6.07, 6.45) is 0. The van der Waals surface area contributed by atoms with Crippen molar-refractivity contribution < 1.29 is 8.42 Å². The second-order valence-corrected chi connectivity index (χ2v) is 15.9. The minimum Gasteiger partial charge on any atom is -0.228 e. The Hall–Kier alpha value is -6.29. The molecular weight excluding hydrogens is 665 g/mol. The van der Waals surface area contributed by atoms with E-state index in [1.165, 1.54) is 0 Å². The van der Waals surface area contributed by atoms with Gasteiger partial charge in [-0.25, -0.2) is 8.42 Å². The lowest BCUT2D eigenvalue weighted by Crippen LogP contribution is -2.05. The number of fused-ring (bicyclic) bond motifs is 3. The predicted molar refractivity (Wildman–Crippen MR) is 221 cm³/mol. The summed E-state index contributed by atoms with van der Waals surface area (Å²) < 4.78 is 27.4. The molecule has 0 spiro atoms. The zero-order valence-corrected chi connectivity index (χ0v) is 29.9. The van der Waals surface area contributed by atoms with Crippen LogP contribution in [0.15, 0.2) is 194 Å². The fourth-order valence-corrected chi connectivity index (χ4v) is 9.13. The highest BCUT2D eigenvalue weighted by Gasteiger charge is 2.25. The van der Waals surface area contributed by atoms with Gasteiger partial charge in [0.05, 0.1) is 11.5 Å². The van der Waals surface area contributed by atoms with Gasteiger partial charge in [-0.1, -0.05) is 146 Å². The number of hydrogen-bond acceptors (Lipinski definition) is 2. The maximum absolute atomic E-state index is 13.7. The second kappa shape index (κ2) is 13.7. The van der Waals surface area contributed by atoms with Crippen molar-refractivity contribution in [2.75, 3.05) is 0 Å². The molecule has 0 radical (unpaired) electrons. The summed E-state index contributed by atoms with van der Waals surface area (Å²) in [4.78, 5) is 0. The van der Waals surface area contributed by atoms with Crippen LogP contribution in [0.4, 0.5) is 0 Å². The molecule has 0 atom stereocenters. The first-order valence-corrected chi connectivity index (χ1v) is 19.8. The Bertz CT molecular complexity index is 2590. The molecule has 2 nitrogen and oxygen atoms in total. The van der Waals surface area contributed by atoms with Gasteiger partial charge in [-0.3, -0.25) is 0 Å². The van der Waals surface area contributed by atoms with Crippen molar-refractivity contribution in [2.45, 2.75) is 11.5 Å². The van der Waals surface area contributed by atoms with Crippen LogP contribution >= 0.6 is 0 Å². The van der Waals surface area contributed by atoms with Gasteiger partial charge in [-0.15, -0.1) is 0 Å². The molecule has 0 fully saturated rings. The van der Waals surface area contributed by atoms with E-state index in [1.54, 1.807) is 0 Å². The minimum atomic E-state index is -3.41. The molecule has 1 aliphatic rings. The Morgan fingerprint density at radius 3 is 1.02 bits per heavy atom. The van der Waals surface area contributed by atoms with E-state index < -0.39 is 9.84 Å². The number of hydrogen-bond donors (Lipinski definition) is 0. The van der Waals surface area contributed by atoms with Crippen LogP contribution in [0.1, 0.15) is 11.1 Å². The second-order valence-electron chi connectivity index (χ2n) is 13.8. The van der Waals surface area contributed by atoms with Gasteiger partial charge >= 0.3 is 0 Å². The number of rotatable bonds is 6. The smallest absolute Gasteiger partial charge is 0.158 e. The zero-order chi connectivity index (χ0) is 35.8. The number of sulfone groups is 1. The third-order valence-electron chi connectivity index (χ3n) is 10.2. The predicted octanol–water partition coefficient (Wildman–Crippen LogP) is 12.8. The summed E-state index contributed by atoms with van der Waals surface area (Å²) in [5.74, 6) is -0.000647. The van der Waals surface area contributed by atoms with Gasteiger partial charge < -0.3 is 0 Å². The average molecular weight is 701 g/mol. The molecule has 1 heterocycles. The SMILES string of the molecule is O=S1(=O)Cc2cc(-c3cc(-c4ccccc4)cc(-c4ccccc4)c3)ccc2-c2cc(-c3cc(-c4ccccc4)cc(-c4ccccc4)c3)ccc2C1. The van der Waals surface area contributed by atoms with Crippen molar-refractivity contribution in [1.29, 1.82) is 0 Å². The maximum atomic E-state index is 13.7. The normalized spacial score (nSPS) is 13.1. The van der Waals surface area contributed by atoms with E-state index in [0.717, 1.165) is 89.0 Å². The fraction of sp³-hybridized carbons (Fsp3) is 0.0400. The van der Waals surface area contributed by atoms with E-state index in [1.807, 2.05) is 30.3 Å². The highest BCUT2D eigenvalue weighted by molar-refractivity contribution is 7.89. The summed E-state index contributed by atoms with van der Waals surface area (Å²) in [5, 5.41) is 0. The monoisotopic (exact) mass is 700 g/mol. The molecule has 9 rings (SSSR count). The quantitative estimate of drug-likeness (QED) is 0.173. The molecule has 254 valence electrons. The van der Waals surface area contributed by atoms with Crippen LogP contribution in [0.2, 0.25) is 0 Å².